The van der Waals surface area contributed by atoms with Crippen LogP contribution in [-0.4, -0.2) is 27.7 Å². The number of hydrogen-bond donors (Lipinski definition) is 1. The third-order valence-corrected chi connectivity index (χ3v) is 4.09. The molecular weight excluding hydrogens is 314 g/mol. The molecule has 0 saturated carbocycles. The van der Waals surface area contributed by atoms with E-state index in [2.05, 4.69) is 43.0 Å². The Hall–Kier alpha value is -2.82. The number of fused-ring (bicyclic) bond motifs is 1. The zero-order chi connectivity index (χ0) is 18.0. The van der Waals surface area contributed by atoms with Gasteiger partial charge in [0.1, 0.15) is 11.5 Å². The molecular formula is C20H23N3O2. The summed E-state index contributed by atoms with van der Waals surface area (Å²) in [5, 5.41) is 5.29. The van der Waals surface area contributed by atoms with Crippen molar-refractivity contribution in [1.82, 2.24) is 14.8 Å². The standard InChI is InChI=1S/C20H23N3O2/c1-5-8-25-20(13(2)3)18-10-15-9-14(6-7-17(15)21-18)19-11-16(12-24)22-23(19)4/h6-7,9-12,21H,5,8H2,1-4H3. The number of carbonyl (C=O) groups excluding carboxylic acids is 1. The minimum Gasteiger partial charge on any atom is -0.491 e. The predicted octanol–water partition coefficient (Wildman–Crippen LogP) is 4.56. The lowest BCUT2D eigenvalue weighted by molar-refractivity contribution is 0.111. The average Bonchev–Trinajstić information content (AvgIpc) is 3.17. The number of rotatable bonds is 6. The number of ether oxygens (including phenoxy) is 1. The van der Waals surface area contributed by atoms with E-state index in [-0.39, 0.29) is 0 Å². The van der Waals surface area contributed by atoms with Gasteiger partial charge in [0.25, 0.3) is 0 Å². The molecule has 5 heteroatoms. The molecule has 1 aromatic carbocycles. The van der Waals surface area contributed by atoms with E-state index < -0.39 is 0 Å². The minimum absolute atomic E-state index is 0.437. The van der Waals surface area contributed by atoms with Crippen LogP contribution in [0.5, 0.6) is 0 Å². The monoisotopic (exact) mass is 337 g/mol. The maximum Gasteiger partial charge on any atom is 0.170 e. The summed E-state index contributed by atoms with van der Waals surface area (Å²) in [7, 11) is 1.84. The number of carbonyl (C=O) groups is 1. The fraction of sp³-hybridized carbons (Fsp3) is 0.300. The summed E-state index contributed by atoms with van der Waals surface area (Å²) in [6.45, 7) is 6.91. The number of nitrogens with zero attached hydrogens (tertiary/aromatic N) is 2. The van der Waals surface area contributed by atoms with E-state index >= 15 is 0 Å². The Kier molecular flexibility index (Phi) is 4.74. The lowest BCUT2D eigenvalue weighted by atomic mass is 10.1. The lowest BCUT2D eigenvalue weighted by Crippen LogP contribution is -1.96. The summed E-state index contributed by atoms with van der Waals surface area (Å²) in [4.78, 5) is 14.4. The van der Waals surface area contributed by atoms with Gasteiger partial charge < -0.3 is 9.72 Å². The van der Waals surface area contributed by atoms with Gasteiger partial charge in [-0.2, -0.15) is 5.10 Å². The third kappa shape index (κ3) is 3.36. The van der Waals surface area contributed by atoms with Crippen LogP contribution < -0.4 is 0 Å². The van der Waals surface area contributed by atoms with E-state index in [1.165, 1.54) is 0 Å². The Morgan fingerprint density at radius 1 is 1.28 bits per heavy atom. The molecule has 0 saturated heterocycles. The van der Waals surface area contributed by atoms with E-state index in [0.717, 1.165) is 51.9 Å². The Bertz CT molecular complexity index is 943. The van der Waals surface area contributed by atoms with Crippen LogP contribution in [0, 0.1) is 0 Å². The van der Waals surface area contributed by atoms with Crippen LogP contribution in [0.1, 0.15) is 43.4 Å². The van der Waals surface area contributed by atoms with Crippen molar-refractivity contribution in [2.24, 2.45) is 7.05 Å². The summed E-state index contributed by atoms with van der Waals surface area (Å²) in [5.41, 5.74) is 5.55. The summed E-state index contributed by atoms with van der Waals surface area (Å²) >= 11 is 0. The van der Waals surface area contributed by atoms with E-state index in [1.807, 2.05) is 19.2 Å². The normalized spacial score (nSPS) is 10.9. The molecule has 0 bridgehead atoms. The highest BCUT2D eigenvalue weighted by Crippen LogP contribution is 2.28. The van der Waals surface area contributed by atoms with Crippen LogP contribution in [-0.2, 0) is 11.8 Å². The first kappa shape index (κ1) is 17.0. The van der Waals surface area contributed by atoms with Gasteiger partial charge in [0.05, 0.1) is 18.0 Å². The number of benzene rings is 1. The lowest BCUT2D eigenvalue weighted by Gasteiger charge is -2.09. The van der Waals surface area contributed by atoms with Gasteiger partial charge >= 0.3 is 0 Å². The Balaban J connectivity index is 2.03. The molecule has 0 aliphatic heterocycles. The van der Waals surface area contributed by atoms with Crippen molar-refractivity contribution in [2.45, 2.75) is 27.2 Å². The van der Waals surface area contributed by atoms with Gasteiger partial charge in [-0.1, -0.05) is 13.0 Å². The summed E-state index contributed by atoms with van der Waals surface area (Å²) in [6.07, 6.45) is 1.74. The first-order valence-electron chi connectivity index (χ1n) is 8.46. The molecule has 130 valence electrons. The quantitative estimate of drug-likeness (QED) is 0.530. The van der Waals surface area contributed by atoms with Crippen LogP contribution in [0.15, 0.2) is 35.9 Å². The number of allylic oxidation sites excluding steroid dienone is 1. The Labute approximate surface area is 147 Å². The smallest absolute Gasteiger partial charge is 0.170 e. The highest BCUT2D eigenvalue weighted by Gasteiger charge is 2.12. The van der Waals surface area contributed by atoms with E-state index in [4.69, 9.17) is 4.74 Å². The molecule has 2 aromatic heterocycles. The Morgan fingerprint density at radius 2 is 2.08 bits per heavy atom. The molecule has 0 aliphatic rings. The molecule has 0 radical (unpaired) electrons. The first-order chi connectivity index (χ1) is 12.0. The first-order valence-corrected chi connectivity index (χ1v) is 8.46. The maximum atomic E-state index is 10.9. The molecule has 0 aliphatic carbocycles. The van der Waals surface area contributed by atoms with Crippen molar-refractivity contribution in [3.8, 4) is 11.3 Å². The van der Waals surface area contributed by atoms with Crippen molar-refractivity contribution < 1.29 is 9.53 Å². The van der Waals surface area contributed by atoms with Crippen molar-refractivity contribution in [3.05, 3.63) is 47.3 Å². The van der Waals surface area contributed by atoms with Crippen molar-refractivity contribution >= 4 is 22.9 Å². The van der Waals surface area contributed by atoms with E-state index in [9.17, 15) is 4.79 Å². The SMILES string of the molecule is CCCOC(=C(C)C)c1cc2cc(-c3cc(C=O)nn3C)ccc2[nH]1. The second-order valence-electron chi connectivity index (χ2n) is 6.36. The minimum atomic E-state index is 0.437. The van der Waals surface area contributed by atoms with Gasteiger partial charge in [0.2, 0.25) is 0 Å². The average molecular weight is 337 g/mol. The molecule has 0 atom stereocenters. The van der Waals surface area contributed by atoms with E-state index in [0.29, 0.717) is 12.3 Å². The topological polar surface area (TPSA) is 59.9 Å². The molecule has 1 N–H and O–H groups in total. The number of aromatic amines is 1. The largest absolute Gasteiger partial charge is 0.491 e. The number of aromatic nitrogens is 3. The number of aryl methyl sites for hydroxylation is 1. The molecule has 3 aromatic rings. The van der Waals surface area contributed by atoms with Crippen LogP contribution in [0.2, 0.25) is 0 Å². The highest BCUT2D eigenvalue weighted by molar-refractivity contribution is 5.88. The fourth-order valence-electron chi connectivity index (χ4n) is 2.93. The van der Waals surface area contributed by atoms with Crippen molar-refractivity contribution in [3.63, 3.8) is 0 Å². The molecule has 0 fully saturated rings. The zero-order valence-electron chi connectivity index (χ0n) is 15.1. The molecule has 0 spiro atoms. The number of H-pyrrole nitrogens is 1. The highest BCUT2D eigenvalue weighted by atomic mass is 16.5. The van der Waals surface area contributed by atoms with Crippen LogP contribution in [0.25, 0.3) is 27.9 Å². The van der Waals surface area contributed by atoms with Gasteiger partial charge in [-0.3, -0.25) is 9.48 Å². The summed E-state index contributed by atoms with van der Waals surface area (Å²) in [6, 6.07) is 10.1. The molecule has 25 heavy (non-hydrogen) atoms. The van der Waals surface area contributed by atoms with Crippen molar-refractivity contribution in [2.75, 3.05) is 6.61 Å². The number of nitrogens with one attached hydrogen (secondary N) is 1. The molecule has 3 rings (SSSR count). The zero-order valence-corrected chi connectivity index (χ0v) is 15.1. The molecule has 5 nitrogen and oxygen atoms in total. The van der Waals surface area contributed by atoms with E-state index in [1.54, 1.807) is 10.7 Å². The van der Waals surface area contributed by atoms with Crippen LogP contribution in [0.3, 0.4) is 0 Å². The number of hydrogen-bond acceptors (Lipinski definition) is 3. The summed E-state index contributed by atoms with van der Waals surface area (Å²) < 4.78 is 7.64. The number of aldehydes is 1. The fourth-order valence-corrected chi connectivity index (χ4v) is 2.93. The third-order valence-electron chi connectivity index (χ3n) is 4.09. The van der Waals surface area contributed by atoms with Gasteiger partial charge in [0.15, 0.2) is 6.29 Å². The van der Waals surface area contributed by atoms with Gasteiger partial charge in [0, 0.05) is 23.5 Å². The van der Waals surface area contributed by atoms with Gasteiger partial charge in [-0.15, -0.1) is 0 Å². The molecule has 2 heterocycles. The van der Waals surface area contributed by atoms with Gasteiger partial charge in [-0.05, 0) is 50.1 Å². The van der Waals surface area contributed by atoms with Gasteiger partial charge in [-0.25, -0.2) is 0 Å². The Morgan fingerprint density at radius 3 is 2.72 bits per heavy atom. The summed E-state index contributed by atoms with van der Waals surface area (Å²) in [5.74, 6) is 0.906. The van der Waals surface area contributed by atoms with Crippen LogP contribution >= 0.6 is 0 Å². The second-order valence-corrected chi connectivity index (χ2v) is 6.36. The molecule has 0 unspecified atom stereocenters. The second kappa shape index (κ2) is 6.97. The molecule has 0 amide bonds. The van der Waals surface area contributed by atoms with Crippen LogP contribution in [0.4, 0.5) is 0 Å². The maximum absolute atomic E-state index is 10.9. The van der Waals surface area contributed by atoms with Crippen molar-refractivity contribution in [1.29, 1.82) is 0 Å². The predicted molar refractivity (Wildman–Crippen MR) is 100 cm³/mol.